The molecule has 1 aromatic heterocycles. The van der Waals surface area contributed by atoms with E-state index in [1.807, 2.05) is 0 Å². The first-order chi connectivity index (χ1) is 9.06. The van der Waals surface area contributed by atoms with Gasteiger partial charge in [-0.15, -0.1) is 0 Å². The second-order valence-electron chi connectivity index (χ2n) is 4.12. The zero-order valence-corrected chi connectivity index (χ0v) is 11.9. The van der Waals surface area contributed by atoms with E-state index in [1.165, 1.54) is 0 Å². The van der Waals surface area contributed by atoms with E-state index in [9.17, 15) is 10.2 Å². The van der Waals surface area contributed by atoms with Crippen LogP contribution in [-0.4, -0.2) is 34.2 Å². The normalized spacial score (nSPS) is 14.4. The summed E-state index contributed by atoms with van der Waals surface area (Å²) < 4.78 is 5.14. The van der Waals surface area contributed by atoms with E-state index in [1.54, 1.807) is 31.4 Å². The highest BCUT2D eigenvalue weighted by molar-refractivity contribution is 7.80. The number of hydrogen-bond acceptors (Lipinski definition) is 5. The van der Waals surface area contributed by atoms with Crippen molar-refractivity contribution < 1.29 is 14.9 Å². The minimum absolute atomic E-state index is 0.133. The van der Waals surface area contributed by atoms with Crippen LogP contribution in [0.4, 0.5) is 0 Å². The maximum atomic E-state index is 10.0. The van der Waals surface area contributed by atoms with E-state index >= 15 is 0 Å². The summed E-state index contributed by atoms with van der Waals surface area (Å²) in [6.07, 6.45) is -2.11. The van der Waals surface area contributed by atoms with Gasteiger partial charge in [-0.3, -0.25) is 0 Å². The quantitative estimate of drug-likeness (QED) is 0.598. The molecule has 0 aliphatic carbocycles. The van der Waals surface area contributed by atoms with Crippen LogP contribution >= 0.6 is 24.2 Å². The Labute approximate surface area is 121 Å². The summed E-state index contributed by atoms with van der Waals surface area (Å²) in [4.78, 5) is 4.20. The highest BCUT2D eigenvalue weighted by Crippen LogP contribution is 2.29. The molecule has 0 fully saturated rings. The SMILES string of the molecule is COc1ccc2nc(Cl)c(C(O)C(O)CS)cc2c1. The maximum Gasteiger partial charge on any atom is 0.135 e. The standard InChI is InChI=1S/C13H14ClNO3S/c1-18-8-2-3-10-7(4-8)5-9(13(14)15-10)12(17)11(16)6-19/h2-5,11-12,16-17,19H,6H2,1H3. The zero-order chi connectivity index (χ0) is 14.0. The monoisotopic (exact) mass is 299 g/mol. The lowest BCUT2D eigenvalue weighted by Gasteiger charge is -2.17. The number of thiol groups is 1. The third-order valence-electron chi connectivity index (χ3n) is 2.87. The van der Waals surface area contributed by atoms with E-state index in [0.717, 1.165) is 5.39 Å². The van der Waals surface area contributed by atoms with Crippen LogP contribution in [-0.2, 0) is 0 Å². The molecule has 0 aliphatic rings. The van der Waals surface area contributed by atoms with Gasteiger partial charge in [0.2, 0.25) is 0 Å². The van der Waals surface area contributed by atoms with Gasteiger partial charge in [-0.1, -0.05) is 11.6 Å². The number of ether oxygens (including phenoxy) is 1. The van der Waals surface area contributed by atoms with Crippen molar-refractivity contribution in [2.24, 2.45) is 0 Å². The Bertz CT molecular complexity index is 593. The Morgan fingerprint density at radius 2 is 2.11 bits per heavy atom. The highest BCUT2D eigenvalue weighted by Gasteiger charge is 2.21. The molecule has 2 unspecified atom stereocenters. The Hall–Kier alpha value is -1.01. The second kappa shape index (κ2) is 5.96. The van der Waals surface area contributed by atoms with Crippen molar-refractivity contribution in [2.75, 3.05) is 12.9 Å². The van der Waals surface area contributed by atoms with Crippen LogP contribution in [0.1, 0.15) is 11.7 Å². The summed E-state index contributed by atoms with van der Waals surface area (Å²) in [5, 5.41) is 20.6. The first-order valence-electron chi connectivity index (χ1n) is 5.68. The summed E-state index contributed by atoms with van der Waals surface area (Å²) in [7, 11) is 1.57. The smallest absolute Gasteiger partial charge is 0.135 e. The molecule has 6 heteroatoms. The predicted molar refractivity (Wildman–Crippen MR) is 78.1 cm³/mol. The molecule has 102 valence electrons. The number of rotatable bonds is 4. The Morgan fingerprint density at radius 1 is 1.37 bits per heavy atom. The molecule has 4 nitrogen and oxygen atoms in total. The molecule has 2 rings (SSSR count). The first-order valence-corrected chi connectivity index (χ1v) is 6.69. The van der Waals surface area contributed by atoms with Crippen LogP contribution < -0.4 is 4.74 Å². The number of benzene rings is 1. The van der Waals surface area contributed by atoms with Gasteiger partial charge in [-0.05, 0) is 24.3 Å². The molecule has 0 saturated carbocycles. The van der Waals surface area contributed by atoms with Crippen LogP contribution in [0.15, 0.2) is 24.3 Å². The van der Waals surface area contributed by atoms with Gasteiger partial charge >= 0.3 is 0 Å². The summed E-state index contributed by atoms with van der Waals surface area (Å²) in [5.74, 6) is 0.819. The lowest BCUT2D eigenvalue weighted by atomic mass is 10.0. The molecule has 2 aromatic rings. The maximum absolute atomic E-state index is 10.0. The van der Waals surface area contributed by atoms with Gasteiger partial charge in [0.15, 0.2) is 0 Å². The van der Waals surface area contributed by atoms with Gasteiger partial charge < -0.3 is 14.9 Å². The molecule has 0 saturated heterocycles. The summed E-state index contributed by atoms with van der Waals surface area (Å²) in [5.41, 5.74) is 1.08. The van der Waals surface area contributed by atoms with Crippen LogP contribution in [0.5, 0.6) is 5.75 Å². The van der Waals surface area contributed by atoms with Crippen molar-refractivity contribution in [3.63, 3.8) is 0 Å². The second-order valence-corrected chi connectivity index (χ2v) is 4.84. The number of aromatic nitrogens is 1. The third kappa shape index (κ3) is 2.95. The molecule has 2 atom stereocenters. The van der Waals surface area contributed by atoms with Crippen LogP contribution in [0.25, 0.3) is 10.9 Å². The summed E-state index contributed by atoms with van der Waals surface area (Å²) >= 11 is 9.99. The zero-order valence-electron chi connectivity index (χ0n) is 10.2. The van der Waals surface area contributed by atoms with Gasteiger partial charge in [0.25, 0.3) is 0 Å². The van der Waals surface area contributed by atoms with Crippen molar-refractivity contribution in [3.8, 4) is 5.75 Å². The molecule has 0 spiro atoms. The van der Waals surface area contributed by atoms with E-state index in [0.29, 0.717) is 16.8 Å². The van der Waals surface area contributed by atoms with Gasteiger partial charge in [0.05, 0.1) is 18.7 Å². The van der Waals surface area contributed by atoms with Crippen molar-refractivity contribution >= 4 is 35.1 Å². The number of fused-ring (bicyclic) bond motifs is 1. The molecule has 1 aromatic carbocycles. The van der Waals surface area contributed by atoms with Gasteiger partial charge in [-0.25, -0.2) is 4.98 Å². The van der Waals surface area contributed by atoms with Crippen molar-refractivity contribution in [2.45, 2.75) is 12.2 Å². The molecule has 1 heterocycles. The summed E-state index contributed by atoms with van der Waals surface area (Å²) in [6, 6.07) is 7.06. The number of aliphatic hydroxyl groups excluding tert-OH is 2. The average molecular weight is 300 g/mol. The van der Waals surface area contributed by atoms with Crippen LogP contribution in [0.3, 0.4) is 0 Å². The van der Waals surface area contributed by atoms with E-state index in [4.69, 9.17) is 16.3 Å². The van der Waals surface area contributed by atoms with Crippen LogP contribution in [0.2, 0.25) is 5.15 Å². The van der Waals surface area contributed by atoms with E-state index < -0.39 is 12.2 Å². The van der Waals surface area contributed by atoms with Crippen molar-refractivity contribution in [1.82, 2.24) is 4.98 Å². The predicted octanol–water partition coefficient (Wildman–Crippen LogP) is 2.22. The van der Waals surface area contributed by atoms with E-state index in [2.05, 4.69) is 17.6 Å². The molecule has 0 aliphatic heterocycles. The fraction of sp³-hybridized carbons (Fsp3) is 0.308. The number of aliphatic hydroxyl groups is 2. The van der Waals surface area contributed by atoms with Crippen molar-refractivity contribution in [1.29, 1.82) is 0 Å². The fourth-order valence-corrected chi connectivity index (χ4v) is 2.25. The molecular formula is C13H14ClNO3S. The molecule has 0 bridgehead atoms. The summed E-state index contributed by atoms with van der Waals surface area (Å²) in [6.45, 7) is 0. The fourth-order valence-electron chi connectivity index (χ4n) is 1.79. The van der Waals surface area contributed by atoms with Crippen LogP contribution in [0, 0.1) is 0 Å². The number of pyridine rings is 1. The van der Waals surface area contributed by atoms with E-state index in [-0.39, 0.29) is 10.9 Å². The van der Waals surface area contributed by atoms with Gasteiger partial charge in [-0.2, -0.15) is 12.6 Å². The van der Waals surface area contributed by atoms with Crippen molar-refractivity contribution in [3.05, 3.63) is 35.0 Å². The Balaban J connectivity index is 2.52. The topological polar surface area (TPSA) is 62.6 Å². The number of nitrogens with zero attached hydrogens (tertiary/aromatic N) is 1. The largest absolute Gasteiger partial charge is 0.497 e. The molecule has 0 radical (unpaired) electrons. The Kier molecular flexibility index (Phi) is 4.52. The molecule has 0 amide bonds. The molecule has 2 N–H and O–H groups in total. The average Bonchev–Trinajstić information content (AvgIpc) is 2.44. The van der Waals surface area contributed by atoms with Gasteiger partial charge in [0.1, 0.15) is 17.0 Å². The molecule has 19 heavy (non-hydrogen) atoms. The number of hydrogen-bond donors (Lipinski definition) is 3. The lowest BCUT2D eigenvalue weighted by molar-refractivity contribution is 0.0337. The number of halogens is 1. The third-order valence-corrected chi connectivity index (χ3v) is 3.55. The minimum atomic E-state index is -1.12. The minimum Gasteiger partial charge on any atom is -0.497 e. The first kappa shape index (κ1) is 14.4. The van der Waals surface area contributed by atoms with Gasteiger partial charge in [0, 0.05) is 16.7 Å². The molecular weight excluding hydrogens is 286 g/mol. The lowest BCUT2D eigenvalue weighted by Crippen LogP contribution is -2.20. The highest BCUT2D eigenvalue weighted by atomic mass is 35.5. The Morgan fingerprint density at radius 3 is 2.74 bits per heavy atom. The number of methoxy groups -OCH3 is 1.